The summed E-state index contributed by atoms with van der Waals surface area (Å²) in [6.45, 7) is 47.9. The number of nitrogens with two attached hydrogens (primary N) is 1. The molecule has 484 valence electrons. The number of para-hydroxylation sites is 2. The van der Waals surface area contributed by atoms with Crippen LogP contribution in [0.15, 0.2) is 186 Å². The number of imidazole rings is 1. The van der Waals surface area contributed by atoms with Crippen molar-refractivity contribution in [1.82, 2.24) is 19.2 Å². The summed E-state index contributed by atoms with van der Waals surface area (Å²) in [4.78, 5) is 18.8. The minimum atomic E-state index is -0.507. The number of fused-ring (bicyclic) bond motifs is 1. The van der Waals surface area contributed by atoms with Crippen LogP contribution in [0.25, 0.3) is 22.7 Å². The van der Waals surface area contributed by atoms with E-state index in [4.69, 9.17) is 5.73 Å². The van der Waals surface area contributed by atoms with Crippen LogP contribution in [0.3, 0.4) is 0 Å². The van der Waals surface area contributed by atoms with E-state index in [9.17, 15) is 17.6 Å². The fourth-order valence-electron chi connectivity index (χ4n) is 9.49. The largest absolute Gasteiger partial charge is 0.397 e. The second-order valence-corrected chi connectivity index (χ2v) is 21.8. The number of pyridine rings is 1. The van der Waals surface area contributed by atoms with E-state index in [1.54, 1.807) is 63.2 Å². The molecule has 0 aliphatic carbocycles. The van der Waals surface area contributed by atoms with Gasteiger partial charge < -0.3 is 21.7 Å². The number of benzene rings is 4. The lowest BCUT2D eigenvalue weighted by molar-refractivity contribution is 0.221. The number of aryl methyl sites for hydroxylation is 2. The van der Waals surface area contributed by atoms with Crippen molar-refractivity contribution in [3.8, 4) is 0 Å². The second-order valence-electron chi connectivity index (χ2n) is 21.8. The third-order valence-corrected chi connectivity index (χ3v) is 14.5. The number of nitrogens with zero attached hydrogens (tertiary/aromatic N) is 6. The lowest BCUT2D eigenvalue weighted by Crippen LogP contribution is -2.31. The van der Waals surface area contributed by atoms with Crippen LogP contribution >= 0.6 is 0 Å². The first-order valence-electron chi connectivity index (χ1n) is 31.6. The quantitative estimate of drug-likeness (QED) is 0.0237. The van der Waals surface area contributed by atoms with Crippen LogP contribution < -0.4 is 21.7 Å². The number of aromatic nitrogens is 2. The van der Waals surface area contributed by atoms with Gasteiger partial charge in [0, 0.05) is 47.5 Å². The topological polar surface area (TPSA) is 111 Å². The lowest BCUT2D eigenvalue weighted by atomic mass is 10.1. The highest BCUT2D eigenvalue weighted by molar-refractivity contribution is 5.95. The summed E-state index contributed by atoms with van der Waals surface area (Å²) >= 11 is 0. The Labute approximate surface area is 537 Å². The maximum atomic E-state index is 14.6. The third-order valence-electron chi connectivity index (χ3n) is 14.5. The molecule has 2 saturated heterocycles. The Kier molecular flexibility index (Phi) is 34.0. The summed E-state index contributed by atoms with van der Waals surface area (Å²) in [6.07, 6.45) is 24.6. The molecule has 90 heavy (non-hydrogen) atoms. The molecule has 4 heterocycles. The summed E-state index contributed by atoms with van der Waals surface area (Å²) in [5.74, 6) is -1.08. The number of allylic oxidation sites excluding steroid dienone is 7. The Balaban J connectivity index is 0.000000315. The van der Waals surface area contributed by atoms with E-state index in [1.165, 1.54) is 106 Å². The SMILES string of the molecule is C/C=C(\N=C(C)C)c1cnc2cc(CN3CCCCC3)ccn12.C=C(C)/C=C\C(=C/C)CN1CCCCC1.C=C(Nc1c(C)cccc1F)c1ccc(C)c(F)c1.C=C(Nc1c(N)cccc1F)c1ccc(NC(C)=NC(=C\C)/C(C)=C/C)c(F)c1.CC.CC. The van der Waals surface area contributed by atoms with Crippen molar-refractivity contribution in [2.75, 3.05) is 54.4 Å². The molecule has 2 fully saturated rings. The molecule has 5 N–H and O–H groups in total. The van der Waals surface area contributed by atoms with E-state index in [0.717, 1.165) is 58.2 Å². The molecule has 8 rings (SSSR count). The minimum Gasteiger partial charge on any atom is -0.397 e. The molecule has 0 radical (unpaired) electrons. The number of piperidine rings is 2. The predicted octanol–water partition coefficient (Wildman–Crippen LogP) is 20.8. The zero-order valence-corrected chi connectivity index (χ0v) is 56.6. The molecule has 0 unspecified atom stereocenters. The maximum absolute atomic E-state index is 14.6. The fraction of sp³-hybridized carbons (Fsp3) is 0.355. The van der Waals surface area contributed by atoms with Crippen LogP contribution in [0.1, 0.15) is 162 Å². The number of likely N-dealkylation sites (tertiary alicyclic amines) is 2. The average molecular weight is 1230 g/mol. The number of nitrogen functional groups attached to an aromatic ring is 1. The number of amidine groups is 1. The highest BCUT2D eigenvalue weighted by atomic mass is 19.1. The maximum Gasteiger partial charge on any atom is 0.148 e. The number of aliphatic imine (C=N–C) groups is 2. The zero-order valence-electron chi connectivity index (χ0n) is 56.6. The van der Waals surface area contributed by atoms with Crippen LogP contribution in [0.2, 0.25) is 0 Å². The Morgan fingerprint density at radius 1 is 0.600 bits per heavy atom. The molecular weight excluding hydrogens is 1130 g/mol. The molecular formula is C76H102F4N10. The van der Waals surface area contributed by atoms with Gasteiger partial charge >= 0.3 is 0 Å². The monoisotopic (exact) mass is 1230 g/mol. The van der Waals surface area contributed by atoms with Gasteiger partial charge in [0.05, 0.1) is 46.0 Å². The molecule has 4 aromatic carbocycles. The standard InChI is InChI=1S/C23H26F2N4.C19H26N4.C16H15F2N.C14H23N.2C2H6/c1-6-14(3)21(7-2)28-16(5)29-22-12-11-17(13-19(22)25)15(4)27-23-18(24)9-8-10-20(23)26;1-4-17(21-15(2)3)18-13-20-19-12-16(8-11-23(18)19)14-22-9-6-5-7-10-22;1-10-7-8-13(9-15(10)18)12(3)19-16-11(2)5-4-6-14(16)17;1-4-14(9-8-13(2)3)12-15-10-6-5-7-11-15;2*1-2/h6-13,27H,4,26H2,1-3,5H3,(H,28,29);4,8,11-13H,5-7,9-10,14H2,1-3H3;4-9,19H,3H2,1-2H3;4,8-9H,2,5-7,10-12H2,1,3H3;2*1-2H3/b14-6+,21-7-;17-4-;;9-8-,14-4+;;. The van der Waals surface area contributed by atoms with Crippen LogP contribution in [0.5, 0.6) is 0 Å². The Morgan fingerprint density at radius 2 is 1.18 bits per heavy atom. The molecule has 0 spiro atoms. The summed E-state index contributed by atoms with van der Waals surface area (Å²) in [6, 6.07) is 23.0. The van der Waals surface area contributed by atoms with Crippen molar-refractivity contribution >= 4 is 57.0 Å². The second kappa shape index (κ2) is 40.3. The molecule has 10 nitrogen and oxygen atoms in total. The number of hydrogen-bond acceptors (Lipinski definition) is 8. The van der Waals surface area contributed by atoms with Crippen molar-refractivity contribution in [1.29, 1.82) is 0 Å². The summed E-state index contributed by atoms with van der Waals surface area (Å²) in [5.41, 5.74) is 19.8. The molecule has 2 aliphatic heterocycles. The first kappa shape index (κ1) is 75.9. The average Bonchev–Trinajstić information content (AvgIpc) is 2.27. The van der Waals surface area contributed by atoms with Gasteiger partial charge in [-0.2, -0.15) is 0 Å². The Morgan fingerprint density at radius 3 is 1.71 bits per heavy atom. The highest BCUT2D eigenvalue weighted by Crippen LogP contribution is 2.29. The van der Waals surface area contributed by atoms with E-state index >= 15 is 0 Å². The zero-order chi connectivity index (χ0) is 66.9. The summed E-state index contributed by atoms with van der Waals surface area (Å²) < 4.78 is 57.9. The van der Waals surface area contributed by atoms with Crippen molar-refractivity contribution in [3.05, 3.63) is 233 Å². The van der Waals surface area contributed by atoms with E-state index < -0.39 is 11.6 Å². The van der Waals surface area contributed by atoms with Gasteiger partial charge in [-0.3, -0.25) is 19.2 Å². The third kappa shape index (κ3) is 24.9. The first-order valence-corrected chi connectivity index (χ1v) is 31.6. The van der Waals surface area contributed by atoms with E-state index in [-0.39, 0.29) is 28.7 Å². The van der Waals surface area contributed by atoms with Crippen LogP contribution in [-0.4, -0.2) is 63.5 Å². The molecule has 0 atom stereocenters. The lowest BCUT2D eigenvalue weighted by Gasteiger charge is -2.26. The van der Waals surface area contributed by atoms with Gasteiger partial charge in [0.2, 0.25) is 0 Å². The number of rotatable bonds is 17. The minimum absolute atomic E-state index is 0.112. The van der Waals surface area contributed by atoms with Crippen LogP contribution in [-0.2, 0) is 6.54 Å². The van der Waals surface area contributed by atoms with Crippen molar-refractivity contribution in [2.24, 2.45) is 9.98 Å². The molecule has 2 aliphatic rings. The van der Waals surface area contributed by atoms with Crippen molar-refractivity contribution in [2.45, 2.75) is 149 Å². The van der Waals surface area contributed by atoms with Gasteiger partial charge in [-0.15, -0.1) is 0 Å². The normalized spacial score (nSPS) is 14.0. The molecule has 14 heteroatoms. The predicted molar refractivity (Wildman–Crippen MR) is 382 cm³/mol. The number of anilines is 4. The molecule has 6 aromatic rings. The molecule has 0 saturated carbocycles. The van der Waals surface area contributed by atoms with Gasteiger partial charge in [0.15, 0.2) is 0 Å². The van der Waals surface area contributed by atoms with Gasteiger partial charge in [0.1, 0.15) is 34.8 Å². The van der Waals surface area contributed by atoms with Gasteiger partial charge in [-0.1, -0.05) is 139 Å². The number of halogens is 4. The molecule has 2 aromatic heterocycles. The molecule has 0 bridgehead atoms. The number of hydrogen-bond donors (Lipinski definition) is 4. The van der Waals surface area contributed by atoms with Crippen molar-refractivity contribution in [3.63, 3.8) is 0 Å². The summed E-state index contributed by atoms with van der Waals surface area (Å²) in [5, 5.41) is 8.69. The van der Waals surface area contributed by atoms with Gasteiger partial charge in [0.25, 0.3) is 0 Å². The van der Waals surface area contributed by atoms with Crippen LogP contribution in [0.4, 0.5) is 40.3 Å². The smallest absolute Gasteiger partial charge is 0.148 e. The fourth-order valence-corrected chi connectivity index (χ4v) is 9.49. The number of nitrogens with one attached hydrogen (secondary N) is 3. The van der Waals surface area contributed by atoms with Crippen molar-refractivity contribution < 1.29 is 17.6 Å². The molecule has 0 amide bonds. The van der Waals surface area contributed by atoms with E-state index in [2.05, 4.69) is 108 Å². The van der Waals surface area contributed by atoms with E-state index in [1.807, 2.05) is 101 Å². The van der Waals surface area contributed by atoms with E-state index in [0.29, 0.717) is 39.6 Å². The van der Waals surface area contributed by atoms with Crippen LogP contribution in [0, 0.1) is 37.1 Å². The Bertz CT molecular complexity index is 3460. The van der Waals surface area contributed by atoms with Gasteiger partial charge in [-0.05, 0) is 204 Å². The highest BCUT2D eigenvalue weighted by Gasteiger charge is 2.16. The Hall–Kier alpha value is -8.33. The summed E-state index contributed by atoms with van der Waals surface area (Å²) in [7, 11) is 0. The van der Waals surface area contributed by atoms with Gasteiger partial charge in [-0.25, -0.2) is 27.5 Å². The first-order chi connectivity index (χ1) is 43.1.